The van der Waals surface area contributed by atoms with E-state index in [9.17, 15) is 18.3 Å². The molecule has 0 amide bonds. The van der Waals surface area contributed by atoms with Crippen molar-refractivity contribution in [3.05, 3.63) is 29.1 Å². The van der Waals surface area contributed by atoms with Crippen LogP contribution in [0.1, 0.15) is 17.0 Å². The van der Waals surface area contributed by atoms with Crippen LogP contribution in [-0.4, -0.2) is 24.7 Å². The number of carbonyl (C=O) groups excluding carboxylic acids is 1. The molecule has 6 nitrogen and oxygen atoms in total. The number of rotatable bonds is 2. The maximum absolute atomic E-state index is 9.58. The van der Waals surface area contributed by atoms with Gasteiger partial charge in [-0.1, -0.05) is 0 Å². The summed E-state index contributed by atoms with van der Waals surface area (Å²) in [5.41, 5.74) is 3.78. The maximum Gasteiger partial charge on any atom is 0.270 e. The molecule has 96 valence electrons. The van der Waals surface area contributed by atoms with Crippen LogP contribution in [0.15, 0.2) is 12.1 Å². The lowest BCUT2D eigenvalue weighted by atomic mass is 10.2. The summed E-state index contributed by atoms with van der Waals surface area (Å²) in [6.45, 7) is 6.24. The van der Waals surface area contributed by atoms with Gasteiger partial charge < -0.3 is 9.90 Å². The van der Waals surface area contributed by atoms with Crippen molar-refractivity contribution < 1.29 is 27.9 Å². The van der Waals surface area contributed by atoms with E-state index in [2.05, 4.69) is 37.9 Å². The fourth-order valence-electron chi connectivity index (χ4n) is 1.26. The molecule has 1 rings (SSSR count). The first-order valence-electron chi connectivity index (χ1n) is 4.72. The summed E-state index contributed by atoms with van der Waals surface area (Å²) in [5, 5.41) is 9.36. The van der Waals surface area contributed by atoms with Crippen LogP contribution < -0.4 is 10.1 Å². The summed E-state index contributed by atoms with van der Waals surface area (Å²) in [4.78, 5) is 12.6. The van der Waals surface area contributed by atoms with Gasteiger partial charge in [-0.3, -0.25) is 4.55 Å². The summed E-state index contributed by atoms with van der Waals surface area (Å²) in [7, 11) is -4.39. The number of aromatic amines is 1. The topological polar surface area (TPSA) is 109 Å². The van der Waals surface area contributed by atoms with E-state index in [0.29, 0.717) is 0 Å². The number of carboxylic acids is 1. The van der Waals surface area contributed by atoms with E-state index in [1.54, 1.807) is 0 Å². The van der Waals surface area contributed by atoms with E-state index in [1.807, 2.05) is 0 Å². The normalized spacial score (nSPS) is 10.4. The van der Waals surface area contributed by atoms with Gasteiger partial charge in [-0.2, -0.15) is 8.42 Å². The van der Waals surface area contributed by atoms with Crippen molar-refractivity contribution in [1.82, 2.24) is 0 Å². The summed E-state index contributed by atoms with van der Waals surface area (Å²) in [5.74, 6) is -3.15. The van der Waals surface area contributed by atoms with Crippen molar-refractivity contribution in [2.75, 3.05) is 5.75 Å². The molecule has 0 saturated heterocycles. The predicted molar refractivity (Wildman–Crippen MR) is 58.6 cm³/mol. The zero-order valence-corrected chi connectivity index (χ0v) is 10.7. The van der Waals surface area contributed by atoms with E-state index in [1.165, 1.54) is 17.0 Å². The molecule has 0 aliphatic carbocycles. The minimum absolute atomic E-state index is 1.23. The monoisotopic (exact) mass is 261 g/mol. The second-order valence-electron chi connectivity index (χ2n) is 3.62. The molecule has 17 heavy (non-hydrogen) atoms. The van der Waals surface area contributed by atoms with Crippen LogP contribution in [-0.2, 0) is 14.9 Å². The number of hydrogen-bond acceptors (Lipinski definition) is 4. The smallest absolute Gasteiger partial charge is 0.270 e. The second-order valence-corrected chi connectivity index (χ2v) is 5.07. The Morgan fingerprint density at radius 1 is 1.29 bits per heavy atom. The number of aryl methyl sites for hydroxylation is 3. The Balaban J connectivity index is 0.000000304. The number of nitrogens with one attached hydrogen (secondary N) is 1. The van der Waals surface area contributed by atoms with E-state index in [4.69, 9.17) is 4.55 Å². The van der Waals surface area contributed by atoms with Gasteiger partial charge in [-0.05, 0) is 12.5 Å². The molecule has 0 unspecified atom stereocenters. The molecule has 0 saturated carbocycles. The van der Waals surface area contributed by atoms with Crippen LogP contribution in [0.2, 0.25) is 0 Å². The summed E-state index contributed by atoms with van der Waals surface area (Å²) < 4.78 is 26.9. The fourth-order valence-corrected chi connectivity index (χ4v) is 1.55. The molecule has 0 aliphatic rings. The van der Waals surface area contributed by atoms with Crippen LogP contribution in [0.25, 0.3) is 0 Å². The minimum atomic E-state index is -4.39. The molecule has 0 fully saturated rings. The first kappa shape index (κ1) is 15.5. The van der Waals surface area contributed by atoms with Gasteiger partial charge in [0.2, 0.25) is 0 Å². The number of H-pyrrole nitrogens is 1. The molecule has 0 aliphatic heterocycles. The lowest BCUT2D eigenvalue weighted by molar-refractivity contribution is -0.396. The van der Waals surface area contributed by atoms with Gasteiger partial charge in [0, 0.05) is 26.0 Å². The van der Waals surface area contributed by atoms with Crippen molar-refractivity contribution in [2.24, 2.45) is 0 Å². The summed E-state index contributed by atoms with van der Waals surface area (Å²) in [6, 6.07) is 4.26. The third kappa shape index (κ3) is 9.46. The van der Waals surface area contributed by atoms with Crippen molar-refractivity contribution in [3.8, 4) is 0 Å². The van der Waals surface area contributed by atoms with Gasteiger partial charge in [-0.15, -0.1) is 0 Å². The van der Waals surface area contributed by atoms with E-state index in [-0.39, 0.29) is 0 Å². The summed E-state index contributed by atoms with van der Waals surface area (Å²) >= 11 is 0. The summed E-state index contributed by atoms with van der Waals surface area (Å²) in [6.07, 6.45) is 0. The molecule has 0 atom stereocenters. The van der Waals surface area contributed by atoms with Gasteiger partial charge in [0.25, 0.3) is 10.1 Å². The average Bonchev–Trinajstić information content (AvgIpc) is 1.95. The van der Waals surface area contributed by atoms with Crippen LogP contribution in [0.5, 0.6) is 0 Å². The Bertz CT molecular complexity index is 445. The standard InChI is InChI=1S/C8H11N.C2H4O5S/c1-6-4-7(2)9-8(3)5-6;3-2(4)1-8(5,6)7/h4-5H,1-3H3;1H2,(H,3,4)(H,5,6,7). The van der Waals surface area contributed by atoms with Gasteiger partial charge in [0.15, 0.2) is 11.4 Å². The molecule has 2 N–H and O–H groups in total. The Morgan fingerprint density at radius 2 is 1.71 bits per heavy atom. The molecule has 1 aromatic heterocycles. The first-order chi connectivity index (χ1) is 7.60. The zero-order chi connectivity index (χ0) is 13.6. The zero-order valence-electron chi connectivity index (χ0n) is 9.85. The van der Waals surface area contributed by atoms with Crippen LogP contribution >= 0.6 is 0 Å². The lowest BCUT2D eigenvalue weighted by Gasteiger charge is -1.94. The van der Waals surface area contributed by atoms with Crippen molar-refractivity contribution >= 4 is 16.1 Å². The highest BCUT2D eigenvalue weighted by molar-refractivity contribution is 7.86. The SMILES string of the molecule is Cc1cc(C)[nH+]c(C)c1.O=C([O-])CS(=O)(=O)O. The molecule has 7 heteroatoms. The molecule has 0 spiro atoms. The first-order valence-corrected chi connectivity index (χ1v) is 6.33. The predicted octanol–water partition coefficient (Wildman–Crippen LogP) is -0.950. The van der Waals surface area contributed by atoms with Crippen molar-refractivity contribution in [1.29, 1.82) is 0 Å². The second kappa shape index (κ2) is 6.31. The van der Waals surface area contributed by atoms with Gasteiger partial charge in [0.1, 0.15) is 5.75 Å². The highest BCUT2D eigenvalue weighted by atomic mass is 32.2. The largest absolute Gasteiger partial charge is 0.549 e. The van der Waals surface area contributed by atoms with Crippen LogP contribution in [0, 0.1) is 20.8 Å². The maximum atomic E-state index is 9.58. The van der Waals surface area contributed by atoms with E-state index in [0.717, 1.165) is 0 Å². The molecule has 0 bridgehead atoms. The number of pyridine rings is 1. The minimum Gasteiger partial charge on any atom is -0.549 e. The number of carboxylic acid groups (broad SMARTS) is 1. The number of aromatic nitrogens is 1. The quantitative estimate of drug-likeness (QED) is 0.690. The van der Waals surface area contributed by atoms with Crippen LogP contribution in [0.4, 0.5) is 0 Å². The molecule has 1 aromatic rings. The highest BCUT2D eigenvalue weighted by Crippen LogP contribution is 1.97. The van der Waals surface area contributed by atoms with E-state index >= 15 is 0 Å². The van der Waals surface area contributed by atoms with Gasteiger partial charge in [-0.25, -0.2) is 4.98 Å². The number of hydrogen-bond donors (Lipinski definition) is 1. The molecular formula is C10H15NO5S. The molecule has 1 heterocycles. The Morgan fingerprint density at radius 3 is 1.88 bits per heavy atom. The molecule has 0 aromatic carbocycles. The van der Waals surface area contributed by atoms with Gasteiger partial charge in [0.05, 0.1) is 5.97 Å². The Hall–Kier alpha value is -1.47. The third-order valence-electron chi connectivity index (χ3n) is 1.58. The number of aliphatic carboxylic acids is 1. The Labute approximate surface area is 100 Å². The lowest BCUT2D eigenvalue weighted by Crippen LogP contribution is -2.30. The molecule has 0 radical (unpaired) electrons. The van der Waals surface area contributed by atoms with Crippen molar-refractivity contribution in [2.45, 2.75) is 20.8 Å². The fraction of sp³-hybridized carbons (Fsp3) is 0.400. The van der Waals surface area contributed by atoms with Crippen LogP contribution in [0.3, 0.4) is 0 Å². The highest BCUT2D eigenvalue weighted by Gasteiger charge is 2.02. The molecular weight excluding hydrogens is 246 g/mol. The third-order valence-corrected chi connectivity index (χ3v) is 2.18. The number of carbonyl (C=O) groups is 1. The van der Waals surface area contributed by atoms with E-state index < -0.39 is 21.8 Å². The average molecular weight is 261 g/mol. The van der Waals surface area contributed by atoms with Crippen molar-refractivity contribution in [3.63, 3.8) is 0 Å². The van der Waals surface area contributed by atoms with Gasteiger partial charge >= 0.3 is 0 Å². The Kier molecular flexibility index (Phi) is 5.77.